The molecule has 0 radical (unpaired) electrons. The van der Waals surface area contributed by atoms with Crippen molar-refractivity contribution in [3.05, 3.63) is 75.8 Å². The van der Waals surface area contributed by atoms with Gasteiger partial charge in [0.25, 0.3) is 5.91 Å². The molecule has 1 aromatic heterocycles. The van der Waals surface area contributed by atoms with Gasteiger partial charge in [0.05, 0.1) is 33.9 Å². The Morgan fingerprint density at radius 3 is 2.60 bits per heavy atom. The minimum atomic E-state index is -0.339. The van der Waals surface area contributed by atoms with Gasteiger partial charge in [-0.2, -0.15) is 5.10 Å². The molecule has 3 rings (SSSR count). The third kappa shape index (κ3) is 3.67. The Morgan fingerprint density at radius 1 is 1.20 bits per heavy atom. The van der Waals surface area contributed by atoms with Crippen LogP contribution in [-0.4, -0.2) is 15.7 Å². The van der Waals surface area contributed by atoms with Gasteiger partial charge in [0, 0.05) is 5.02 Å². The van der Waals surface area contributed by atoms with Crippen molar-refractivity contribution in [3.63, 3.8) is 0 Å². The fourth-order valence-corrected chi connectivity index (χ4v) is 2.83. The highest BCUT2D eigenvalue weighted by molar-refractivity contribution is 6.35. The van der Waals surface area contributed by atoms with Crippen LogP contribution >= 0.6 is 23.2 Å². The molecule has 0 saturated heterocycles. The first kappa shape index (κ1) is 17.5. The number of rotatable bonds is 4. The molecule has 0 aliphatic rings. The van der Waals surface area contributed by atoms with Gasteiger partial charge in [0.2, 0.25) is 0 Å². The fraction of sp³-hybridized carbons (Fsp3) is 0.111. The predicted octanol–water partition coefficient (Wildman–Crippen LogP) is 5.13. The van der Waals surface area contributed by atoms with Crippen LogP contribution in [0.25, 0.3) is 5.69 Å². The van der Waals surface area contributed by atoms with E-state index in [4.69, 9.17) is 23.2 Å². The van der Waals surface area contributed by atoms with Crippen LogP contribution in [0.5, 0.6) is 0 Å². The molecule has 1 N–H and O–H groups in total. The second-order valence-electron chi connectivity index (χ2n) is 5.33. The first-order valence-electron chi connectivity index (χ1n) is 7.59. The number of amides is 1. The third-order valence-corrected chi connectivity index (χ3v) is 4.26. The van der Waals surface area contributed by atoms with Gasteiger partial charge in [-0.05, 0) is 48.9 Å². The summed E-state index contributed by atoms with van der Waals surface area (Å²) in [4.78, 5) is 12.6. The maximum atomic E-state index is 13.1. The SMILES string of the molecule is CCc1c(C(=O)Nc2cc(Cl)ccc2Cl)cnn1-c1ccc(F)cc1. The second-order valence-corrected chi connectivity index (χ2v) is 6.17. The molecule has 0 fully saturated rings. The third-order valence-electron chi connectivity index (χ3n) is 3.70. The topological polar surface area (TPSA) is 46.9 Å². The van der Waals surface area contributed by atoms with E-state index in [0.29, 0.717) is 39.1 Å². The molecule has 1 heterocycles. The smallest absolute Gasteiger partial charge is 0.259 e. The van der Waals surface area contributed by atoms with Crippen molar-refractivity contribution in [2.45, 2.75) is 13.3 Å². The van der Waals surface area contributed by atoms with E-state index in [1.165, 1.54) is 18.3 Å². The molecule has 25 heavy (non-hydrogen) atoms. The number of anilines is 1. The van der Waals surface area contributed by atoms with Gasteiger partial charge in [-0.25, -0.2) is 9.07 Å². The molecular formula is C18H14Cl2FN3O. The maximum Gasteiger partial charge on any atom is 0.259 e. The number of hydrogen-bond donors (Lipinski definition) is 1. The molecule has 0 aliphatic heterocycles. The van der Waals surface area contributed by atoms with E-state index in [1.54, 1.807) is 35.0 Å². The minimum Gasteiger partial charge on any atom is -0.320 e. The zero-order chi connectivity index (χ0) is 18.0. The average molecular weight is 378 g/mol. The Morgan fingerprint density at radius 2 is 1.92 bits per heavy atom. The summed E-state index contributed by atoms with van der Waals surface area (Å²) in [7, 11) is 0. The molecule has 0 atom stereocenters. The van der Waals surface area contributed by atoms with Gasteiger partial charge in [0.1, 0.15) is 5.82 Å². The number of carbonyl (C=O) groups excluding carboxylic acids is 1. The van der Waals surface area contributed by atoms with Crippen molar-refractivity contribution in [1.29, 1.82) is 0 Å². The fourth-order valence-electron chi connectivity index (χ4n) is 2.49. The highest BCUT2D eigenvalue weighted by Gasteiger charge is 2.18. The largest absolute Gasteiger partial charge is 0.320 e. The van der Waals surface area contributed by atoms with Crippen LogP contribution < -0.4 is 5.32 Å². The number of halogens is 3. The summed E-state index contributed by atoms with van der Waals surface area (Å²) in [5.74, 6) is -0.670. The molecule has 2 aromatic carbocycles. The van der Waals surface area contributed by atoms with Gasteiger partial charge in [-0.15, -0.1) is 0 Å². The second kappa shape index (κ2) is 7.25. The number of carbonyl (C=O) groups is 1. The van der Waals surface area contributed by atoms with Gasteiger partial charge in [0.15, 0.2) is 0 Å². The molecule has 0 aliphatic carbocycles. The van der Waals surface area contributed by atoms with Crippen LogP contribution in [0.1, 0.15) is 23.0 Å². The Hall–Kier alpha value is -2.37. The monoisotopic (exact) mass is 377 g/mol. The van der Waals surface area contributed by atoms with Crippen molar-refractivity contribution in [2.75, 3.05) is 5.32 Å². The van der Waals surface area contributed by atoms with Crippen LogP contribution in [0, 0.1) is 5.82 Å². The average Bonchev–Trinajstić information content (AvgIpc) is 3.03. The first-order valence-corrected chi connectivity index (χ1v) is 8.34. The first-order chi connectivity index (χ1) is 12.0. The van der Waals surface area contributed by atoms with Crippen molar-refractivity contribution in [1.82, 2.24) is 9.78 Å². The summed E-state index contributed by atoms with van der Waals surface area (Å²) in [5, 5.41) is 7.87. The van der Waals surface area contributed by atoms with Crippen LogP contribution in [0.2, 0.25) is 10.0 Å². The van der Waals surface area contributed by atoms with Crippen molar-refractivity contribution >= 4 is 34.8 Å². The predicted molar refractivity (Wildman–Crippen MR) is 97.3 cm³/mol. The summed E-state index contributed by atoms with van der Waals surface area (Å²) in [6.07, 6.45) is 2.05. The number of nitrogens with zero attached hydrogens (tertiary/aromatic N) is 2. The van der Waals surface area contributed by atoms with E-state index in [1.807, 2.05) is 6.92 Å². The summed E-state index contributed by atoms with van der Waals surface area (Å²) < 4.78 is 14.7. The molecule has 7 heteroatoms. The van der Waals surface area contributed by atoms with Crippen molar-refractivity contribution < 1.29 is 9.18 Å². The van der Waals surface area contributed by atoms with Crippen LogP contribution in [-0.2, 0) is 6.42 Å². The molecule has 1 amide bonds. The van der Waals surface area contributed by atoms with Crippen LogP contribution in [0.4, 0.5) is 10.1 Å². The van der Waals surface area contributed by atoms with Crippen molar-refractivity contribution in [2.24, 2.45) is 0 Å². The zero-order valence-corrected chi connectivity index (χ0v) is 14.8. The van der Waals surface area contributed by atoms with Gasteiger partial charge >= 0.3 is 0 Å². The highest BCUT2D eigenvalue weighted by Crippen LogP contribution is 2.26. The Kier molecular flexibility index (Phi) is 5.06. The lowest BCUT2D eigenvalue weighted by Gasteiger charge is -2.10. The maximum absolute atomic E-state index is 13.1. The van der Waals surface area contributed by atoms with Gasteiger partial charge in [-0.1, -0.05) is 30.1 Å². The lowest BCUT2D eigenvalue weighted by molar-refractivity contribution is 0.102. The number of aromatic nitrogens is 2. The molecular weight excluding hydrogens is 364 g/mol. The summed E-state index contributed by atoms with van der Waals surface area (Å²) >= 11 is 12.0. The summed E-state index contributed by atoms with van der Waals surface area (Å²) in [6, 6.07) is 10.8. The minimum absolute atomic E-state index is 0.331. The number of benzene rings is 2. The molecule has 3 aromatic rings. The standard InChI is InChI=1S/C18H14Cl2FN3O/c1-2-17-14(10-22-24(17)13-6-4-12(21)5-7-13)18(25)23-16-9-11(19)3-8-15(16)20/h3-10H,2H2,1H3,(H,23,25). The lowest BCUT2D eigenvalue weighted by atomic mass is 10.1. The van der Waals surface area contributed by atoms with E-state index in [2.05, 4.69) is 10.4 Å². The molecule has 128 valence electrons. The Balaban J connectivity index is 1.93. The number of hydrogen-bond acceptors (Lipinski definition) is 2. The normalized spacial score (nSPS) is 10.7. The van der Waals surface area contributed by atoms with E-state index in [0.717, 1.165) is 0 Å². The van der Waals surface area contributed by atoms with Crippen LogP contribution in [0.3, 0.4) is 0 Å². The molecule has 0 spiro atoms. The van der Waals surface area contributed by atoms with E-state index < -0.39 is 0 Å². The zero-order valence-electron chi connectivity index (χ0n) is 13.3. The lowest BCUT2D eigenvalue weighted by Crippen LogP contribution is -2.14. The van der Waals surface area contributed by atoms with E-state index in [-0.39, 0.29) is 11.7 Å². The molecule has 4 nitrogen and oxygen atoms in total. The van der Waals surface area contributed by atoms with Crippen molar-refractivity contribution in [3.8, 4) is 5.69 Å². The van der Waals surface area contributed by atoms with Crippen LogP contribution in [0.15, 0.2) is 48.7 Å². The number of nitrogens with one attached hydrogen (secondary N) is 1. The summed E-state index contributed by atoms with van der Waals surface area (Å²) in [5.41, 5.74) is 2.24. The van der Waals surface area contributed by atoms with E-state index >= 15 is 0 Å². The Bertz CT molecular complexity index is 923. The summed E-state index contributed by atoms with van der Waals surface area (Å²) in [6.45, 7) is 1.92. The highest BCUT2D eigenvalue weighted by atomic mass is 35.5. The molecule has 0 unspecified atom stereocenters. The van der Waals surface area contributed by atoms with Gasteiger partial charge in [-0.3, -0.25) is 4.79 Å². The van der Waals surface area contributed by atoms with Gasteiger partial charge < -0.3 is 5.32 Å². The van der Waals surface area contributed by atoms with E-state index in [9.17, 15) is 9.18 Å². The molecule has 0 bridgehead atoms. The Labute approximate surface area is 154 Å². The molecule has 0 saturated carbocycles. The quantitative estimate of drug-likeness (QED) is 0.684.